The zero-order chi connectivity index (χ0) is 13.2. The number of benzene rings is 1. The van der Waals surface area contributed by atoms with Gasteiger partial charge in [-0.05, 0) is 19.1 Å². The Morgan fingerprint density at radius 2 is 2.00 bits per heavy atom. The van der Waals surface area contributed by atoms with E-state index in [9.17, 15) is 0 Å². The molecular formula is C13H9ClN4O. The summed E-state index contributed by atoms with van der Waals surface area (Å²) >= 11 is 6.10. The van der Waals surface area contributed by atoms with Gasteiger partial charge in [-0.15, -0.1) is 0 Å². The maximum absolute atomic E-state index is 6.10. The second-order valence-corrected chi connectivity index (χ2v) is 4.33. The zero-order valence-electron chi connectivity index (χ0n) is 10.0. The predicted molar refractivity (Wildman–Crippen MR) is 70.5 cm³/mol. The van der Waals surface area contributed by atoms with E-state index in [4.69, 9.17) is 16.1 Å². The normalized spacial score (nSPS) is 10.6. The summed E-state index contributed by atoms with van der Waals surface area (Å²) in [4.78, 5) is 12.4. The first kappa shape index (κ1) is 11.8. The number of hydrogen-bond acceptors (Lipinski definition) is 5. The number of aromatic nitrogens is 4. The summed E-state index contributed by atoms with van der Waals surface area (Å²) < 4.78 is 5.24. The van der Waals surface area contributed by atoms with Crippen LogP contribution in [0.3, 0.4) is 0 Å². The number of rotatable bonds is 2. The lowest BCUT2D eigenvalue weighted by atomic mass is 10.2. The van der Waals surface area contributed by atoms with E-state index in [0.29, 0.717) is 22.3 Å². The lowest BCUT2D eigenvalue weighted by molar-refractivity contribution is 0.431. The van der Waals surface area contributed by atoms with Gasteiger partial charge in [-0.2, -0.15) is 4.98 Å². The van der Waals surface area contributed by atoms with Crippen molar-refractivity contribution in [1.82, 2.24) is 20.1 Å². The van der Waals surface area contributed by atoms with Gasteiger partial charge >= 0.3 is 0 Å². The number of hydrogen-bond donors (Lipinski definition) is 0. The van der Waals surface area contributed by atoms with Crippen LogP contribution >= 0.6 is 11.6 Å². The highest BCUT2D eigenvalue weighted by Gasteiger charge is 2.14. The van der Waals surface area contributed by atoms with Crippen molar-refractivity contribution in [2.75, 3.05) is 0 Å². The second kappa shape index (κ2) is 4.78. The summed E-state index contributed by atoms with van der Waals surface area (Å²) in [7, 11) is 0. The minimum Gasteiger partial charge on any atom is -0.333 e. The topological polar surface area (TPSA) is 64.7 Å². The molecule has 0 radical (unpaired) electrons. The van der Waals surface area contributed by atoms with Crippen LogP contribution in [-0.4, -0.2) is 20.1 Å². The highest BCUT2D eigenvalue weighted by Crippen LogP contribution is 2.27. The van der Waals surface area contributed by atoms with Crippen molar-refractivity contribution in [2.24, 2.45) is 0 Å². The SMILES string of the molecule is Cc1ncncc1-c1nc(-c2ccccc2Cl)no1. The largest absolute Gasteiger partial charge is 0.333 e. The monoisotopic (exact) mass is 272 g/mol. The van der Waals surface area contributed by atoms with Crippen molar-refractivity contribution in [3.63, 3.8) is 0 Å². The van der Waals surface area contributed by atoms with Crippen molar-refractivity contribution in [2.45, 2.75) is 6.92 Å². The van der Waals surface area contributed by atoms with Gasteiger partial charge in [0.2, 0.25) is 5.82 Å². The third-order valence-corrected chi connectivity index (χ3v) is 3.01. The lowest BCUT2D eigenvalue weighted by Crippen LogP contribution is -1.89. The molecule has 19 heavy (non-hydrogen) atoms. The number of aryl methyl sites for hydroxylation is 1. The lowest BCUT2D eigenvalue weighted by Gasteiger charge is -1.97. The van der Waals surface area contributed by atoms with Crippen LogP contribution in [0.2, 0.25) is 5.02 Å². The molecule has 0 unspecified atom stereocenters. The Kier molecular flexibility index (Phi) is 2.97. The van der Waals surface area contributed by atoms with Crippen LogP contribution in [-0.2, 0) is 0 Å². The van der Waals surface area contributed by atoms with E-state index in [1.54, 1.807) is 12.3 Å². The fraction of sp³-hybridized carbons (Fsp3) is 0.0769. The molecule has 0 aliphatic heterocycles. The van der Waals surface area contributed by atoms with Crippen LogP contribution in [0.1, 0.15) is 5.69 Å². The molecule has 2 aromatic heterocycles. The molecule has 0 amide bonds. The molecule has 94 valence electrons. The first-order valence-electron chi connectivity index (χ1n) is 5.61. The first-order valence-corrected chi connectivity index (χ1v) is 5.99. The van der Waals surface area contributed by atoms with Crippen molar-refractivity contribution < 1.29 is 4.52 Å². The highest BCUT2D eigenvalue weighted by molar-refractivity contribution is 6.33. The third kappa shape index (κ3) is 2.20. The van der Waals surface area contributed by atoms with E-state index in [1.807, 2.05) is 25.1 Å². The van der Waals surface area contributed by atoms with E-state index in [0.717, 1.165) is 11.3 Å². The van der Waals surface area contributed by atoms with Gasteiger partial charge < -0.3 is 4.52 Å². The van der Waals surface area contributed by atoms with Crippen LogP contribution in [0.4, 0.5) is 0 Å². The minimum absolute atomic E-state index is 0.382. The molecule has 0 saturated heterocycles. The van der Waals surface area contributed by atoms with Crippen molar-refractivity contribution in [1.29, 1.82) is 0 Å². The molecule has 0 aliphatic carbocycles. The summed E-state index contributed by atoms with van der Waals surface area (Å²) in [5.41, 5.74) is 2.23. The highest BCUT2D eigenvalue weighted by atomic mass is 35.5. The summed E-state index contributed by atoms with van der Waals surface area (Å²) in [6.07, 6.45) is 3.12. The molecule has 6 heteroatoms. The van der Waals surface area contributed by atoms with Gasteiger partial charge in [0.15, 0.2) is 0 Å². The van der Waals surface area contributed by atoms with Gasteiger partial charge in [0.05, 0.1) is 16.3 Å². The molecule has 0 bridgehead atoms. The Labute approximate surface area is 114 Å². The van der Waals surface area contributed by atoms with E-state index in [2.05, 4.69) is 20.1 Å². The third-order valence-electron chi connectivity index (χ3n) is 2.68. The minimum atomic E-state index is 0.382. The van der Waals surface area contributed by atoms with Crippen molar-refractivity contribution >= 4 is 11.6 Å². The summed E-state index contributed by atoms with van der Waals surface area (Å²) in [5, 5.41) is 4.52. The van der Waals surface area contributed by atoms with Crippen LogP contribution in [0.5, 0.6) is 0 Å². The van der Waals surface area contributed by atoms with Gasteiger partial charge in [0.1, 0.15) is 6.33 Å². The Hall–Kier alpha value is -2.27. The summed E-state index contributed by atoms with van der Waals surface area (Å²) in [5.74, 6) is 0.830. The first-order chi connectivity index (χ1) is 9.25. The maximum Gasteiger partial charge on any atom is 0.261 e. The van der Waals surface area contributed by atoms with E-state index < -0.39 is 0 Å². The average Bonchev–Trinajstić information content (AvgIpc) is 2.89. The second-order valence-electron chi connectivity index (χ2n) is 3.92. The molecule has 0 fully saturated rings. The van der Waals surface area contributed by atoms with Crippen LogP contribution in [0.15, 0.2) is 41.3 Å². The fourth-order valence-electron chi connectivity index (χ4n) is 1.69. The number of halogens is 1. The van der Waals surface area contributed by atoms with E-state index >= 15 is 0 Å². The zero-order valence-corrected chi connectivity index (χ0v) is 10.8. The maximum atomic E-state index is 6.10. The summed E-state index contributed by atoms with van der Waals surface area (Å²) in [6.45, 7) is 1.86. The van der Waals surface area contributed by atoms with E-state index in [1.165, 1.54) is 6.33 Å². The van der Waals surface area contributed by atoms with Gasteiger partial charge in [0, 0.05) is 11.8 Å². The standard InChI is InChI=1S/C13H9ClN4O/c1-8-10(6-15-7-16-8)13-17-12(18-19-13)9-4-2-3-5-11(9)14/h2-7H,1H3. The van der Waals surface area contributed by atoms with Crippen molar-refractivity contribution in [3.8, 4) is 22.8 Å². The van der Waals surface area contributed by atoms with Crippen LogP contribution in [0.25, 0.3) is 22.8 Å². The molecule has 3 rings (SSSR count). The molecule has 5 nitrogen and oxygen atoms in total. The molecule has 2 heterocycles. The van der Waals surface area contributed by atoms with Gasteiger partial charge in [0.25, 0.3) is 5.89 Å². The van der Waals surface area contributed by atoms with Gasteiger partial charge in [-0.3, -0.25) is 0 Å². The van der Waals surface area contributed by atoms with Crippen LogP contribution in [0, 0.1) is 6.92 Å². The Morgan fingerprint density at radius 1 is 1.16 bits per heavy atom. The molecule has 0 aliphatic rings. The predicted octanol–water partition coefficient (Wildman–Crippen LogP) is 3.16. The smallest absolute Gasteiger partial charge is 0.261 e. The Balaban J connectivity index is 2.06. The van der Waals surface area contributed by atoms with E-state index in [-0.39, 0.29) is 0 Å². The molecular weight excluding hydrogens is 264 g/mol. The molecule has 3 aromatic rings. The summed E-state index contributed by atoms with van der Waals surface area (Å²) in [6, 6.07) is 7.34. The quantitative estimate of drug-likeness (QED) is 0.717. The van der Waals surface area contributed by atoms with Crippen LogP contribution < -0.4 is 0 Å². The Bertz CT molecular complexity index is 666. The fourth-order valence-corrected chi connectivity index (χ4v) is 1.91. The molecule has 0 saturated carbocycles. The average molecular weight is 273 g/mol. The Morgan fingerprint density at radius 3 is 2.79 bits per heavy atom. The number of nitrogens with zero attached hydrogens (tertiary/aromatic N) is 4. The molecule has 0 atom stereocenters. The molecule has 0 N–H and O–H groups in total. The van der Waals surface area contributed by atoms with Crippen molar-refractivity contribution in [3.05, 3.63) is 47.5 Å². The van der Waals surface area contributed by atoms with Gasteiger partial charge in [-0.1, -0.05) is 28.9 Å². The molecule has 1 aromatic carbocycles. The van der Waals surface area contributed by atoms with Gasteiger partial charge in [-0.25, -0.2) is 9.97 Å². The molecule has 0 spiro atoms.